The van der Waals surface area contributed by atoms with E-state index in [-0.39, 0.29) is 17.6 Å². The predicted octanol–water partition coefficient (Wildman–Crippen LogP) is 3.45. The van der Waals surface area contributed by atoms with Gasteiger partial charge in [0.25, 0.3) is 0 Å². The Labute approximate surface area is 188 Å². The highest BCUT2D eigenvalue weighted by atomic mass is 32.2. The molecular weight excluding hydrogens is 416 g/mol. The van der Waals surface area contributed by atoms with Crippen LogP contribution in [0.4, 0.5) is 0 Å². The first-order chi connectivity index (χ1) is 15.0. The molecule has 0 aliphatic heterocycles. The Bertz CT molecular complexity index is 811. The molecule has 0 spiro atoms. The highest BCUT2D eigenvalue weighted by molar-refractivity contribution is 7.99. The fourth-order valence-corrected chi connectivity index (χ4v) is 3.50. The normalized spacial score (nSPS) is 10.8. The minimum atomic E-state index is -0.241. The molecule has 0 aliphatic carbocycles. The van der Waals surface area contributed by atoms with Gasteiger partial charge in [-0.3, -0.25) is 9.59 Å². The number of amides is 1. The van der Waals surface area contributed by atoms with Crippen molar-refractivity contribution >= 4 is 23.6 Å². The number of carbonyl (C=O) groups is 2. The quantitative estimate of drug-likeness (QED) is 0.269. The fraction of sp³-hybridized carbons (Fsp3) is 0.545. The van der Waals surface area contributed by atoms with E-state index in [4.69, 9.17) is 9.47 Å². The third-order valence-electron chi connectivity index (χ3n) is 4.35. The number of nitrogens with zero attached hydrogens (tertiary/aromatic N) is 3. The van der Waals surface area contributed by atoms with Gasteiger partial charge in [-0.15, -0.1) is 10.2 Å². The van der Waals surface area contributed by atoms with E-state index in [9.17, 15) is 9.59 Å². The van der Waals surface area contributed by atoms with E-state index >= 15 is 0 Å². The van der Waals surface area contributed by atoms with Gasteiger partial charge in [-0.2, -0.15) is 0 Å². The van der Waals surface area contributed by atoms with Crippen LogP contribution in [0.15, 0.2) is 35.5 Å². The van der Waals surface area contributed by atoms with Gasteiger partial charge < -0.3 is 19.4 Å². The van der Waals surface area contributed by atoms with E-state index in [0.29, 0.717) is 43.7 Å². The maximum absolute atomic E-state index is 12.2. The van der Waals surface area contributed by atoms with Gasteiger partial charge in [0.05, 0.1) is 12.4 Å². The van der Waals surface area contributed by atoms with Crippen LogP contribution in [0.3, 0.4) is 0 Å². The Morgan fingerprint density at radius 2 is 1.97 bits per heavy atom. The lowest BCUT2D eigenvalue weighted by molar-refractivity contribution is -0.143. The maximum Gasteiger partial charge on any atom is 0.305 e. The van der Waals surface area contributed by atoms with Gasteiger partial charge in [0.2, 0.25) is 5.91 Å². The van der Waals surface area contributed by atoms with Crippen LogP contribution in [-0.4, -0.2) is 45.5 Å². The van der Waals surface area contributed by atoms with Gasteiger partial charge in [0, 0.05) is 19.5 Å². The second kappa shape index (κ2) is 13.7. The van der Waals surface area contributed by atoms with E-state index in [1.165, 1.54) is 11.8 Å². The van der Waals surface area contributed by atoms with Crippen molar-refractivity contribution in [3.8, 4) is 5.75 Å². The molecule has 0 fully saturated rings. The van der Waals surface area contributed by atoms with Crippen molar-refractivity contribution in [1.29, 1.82) is 0 Å². The number of nitrogens with one attached hydrogen (secondary N) is 1. The highest BCUT2D eigenvalue weighted by Gasteiger charge is 2.15. The Hall–Kier alpha value is -2.55. The van der Waals surface area contributed by atoms with Crippen molar-refractivity contribution in [2.75, 3.05) is 18.9 Å². The van der Waals surface area contributed by atoms with E-state index in [1.54, 1.807) is 6.92 Å². The number of hydrogen-bond donors (Lipinski definition) is 1. The van der Waals surface area contributed by atoms with Crippen molar-refractivity contribution < 1.29 is 19.1 Å². The molecule has 1 N–H and O–H groups in total. The number of rotatable bonds is 14. The number of esters is 1. The van der Waals surface area contributed by atoms with E-state index < -0.39 is 0 Å². The Kier molecular flexibility index (Phi) is 10.9. The van der Waals surface area contributed by atoms with Crippen LogP contribution < -0.4 is 10.1 Å². The van der Waals surface area contributed by atoms with Gasteiger partial charge in [0.15, 0.2) is 11.0 Å². The molecule has 31 heavy (non-hydrogen) atoms. The minimum absolute atomic E-state index is 0.102. The monoisotopic (exact) mass is 448 g/mol. The summed E-state index contributed by atoms with van der Waals surface area (Å²) in [4.78, 5) is 23.5. The van der Waals surface area contributed by atoms with Crippen LogP contribution in [0.25, 0.3) is 0 Å². The van der Waals surface area contributed by atoms with Crippen LogP contribution in [0.2, 0.25) is 0 Å². The Morgan fingerprint density at radius 3 is 2.68 bits per heavy atom. The molecule has 0 unspecified atom stereocenters. The molecular formula is C22H32N4O4S. The molecule has 0 saturated carbocycles. The van der Waals surface area contributed by atoms with Crippen LogP contribution in [0, 0.1) is 5.92 Å². The average Bonchev–Trinajstić information content (AvgIpc) is 3.15. The van der Waals surface area contributed by atoms with E-state index in [0.717, 1.165) is 24.5 Å². The lowest BCUT2D eigenvalue weighted by atomic mass is 10.1. The summed E-state index contributed by atoms with van der Waals surface area (Å²) in [6.45, 7) is 8.00. The Morgan fingerprint density at radius 1 is 1.19 bits per heavy atom. The number of thioether (sulfide) groups is 1. The SMILES string of the molecule is CCOC(=O)CCCNC(=O)CSc1nnc(COc2ccccc2)n1CCC(C)C. The smallest absolute Gasteiger partial charge is 0.305 e. The molecule has 0 aliphatic rings. The zero-order chi connectivity index (χ0) is 22.5. The summed E-state index contributed by atoms with van der Waals surface area (Å²) >= 11 is 1.35. The molecule has 1 aromatic heterocycles. The summed E-state index contributed by atoms with van der Waals surface area (Å²) < 4.78 is 12.7. The van der Waals surface area contributed by atoms with Crippen molar-refractivity contribution in [1.82, 2.24) is 20.1 Å². The van der Waals surface area contributed by atoms with Gasteiger partial charge >= 0.3 is 5.97 Å². The van der Waals surface area contributed by atoms with Gasteiger partial charge in [0.1, 0.15) is 12.4 Å². The molecule has 1 aromatic carbocycles. The molecule has 1 heterocycles. The number of ether oxygens (including phenoxy) is 2. The second-order valence-electron chi connectivity index (χ2n) is 7.38. The topological polar surface area (TPSA) is 95.3 Å². The molecule has 1 amide bonds. The summed E-state index contributed by atoms with van der Waals surface area (Å²) in [5.74, 6) is 1.94. The summed E-state index contributed by atoms with van der Waals surface area (Å²) in [6, 6.07) is 9.58. The molecule has 8 nitrogen and oxygen atoms in total. The predicted molar refractivity (Wildman–Crippen MR) is 120 cm³/mol. The number of aromatic nitrogens is 3. The van der Waals surface area contributed by atoms with Gasteiger partial charge in [-0.1, -0.05) is 43.8 Å². The molecule has 2 aromatic rings. The summed E-state index contributed by atoms with van der Waals surface area (Å²) in [6.07, 6.45) is 1.83. The molecule has 0 radical (unpaired) electrons. The largest absolute Gasteiger partial charge is 0.486 e. The van der Waals surface area contributed by atoms with E-state index in [1.807, 2.05) is 34.9 Å². The van der Waals surface area contributed by atoms with Crippen LogP contribution in [-0.2, 0) is 27.5 Å². The third kappa shape index (κ3) is 9.42. The van der Waals surface area contributed by atoms with Crippen molar-refractivity contribution in [3.63, 3.8) is 0 Å². The highest BCUT2D eigenvalue weighted by Crippen LogP contribution is 2.20. The second-order valence-corrected chi connectivity index (χ2v) is 8.32. The summed E-state index contributed by atoms with van der Waals surface area (Å²) in [7, 11) is 0. The summed E-state index contributed by atoms with van der Waals surface area (Å²) in [5.41, 5.74) is 0. The van der Waals surface area contributed by atoms with Gasteiger partial charge in [-0.05, 0) is 37.8 Å². The maximum atomic E-state index is 12.2. The van der Waals surface area contributed by atoms with E-state index in [2.05, 4.69) is 29.4 Å². The van der Waals surface area contributed by atoms with Crippen molar-refractivity contribution in [2.24, 2.45) is 5.92 Å². The molecule has 0 bridgehead atoms. The number of para-hydroxylation sites is 1. The third-order valence-corrected chi connectivity index (χ3v) is 5.32. The van der Waals surface area contributed by atoms with Crippen molar-refractivity contribution in [3.05, 3.63) is 36.2 Å². The summed E-state index contributed by atoms with van der Waals surface area (Å²) in [5, 5.41) is 12.1. The molecule has 0 saturated heterocycles. The minimum Gasteiger partial charge on any atom is -0.486 e. The van der Waals surface area contributed by atoms with Crippen LogP contribution >= 0.6 is 11.8 Å². The molecule has 0 atom stereocenters. The van der Waals surface area contributed by atoms with Gasteiger partial charge in [-0.25, -0.2) is 0 Å². The first-order valence-electron chi connectivity index (χ1n) is 10.6. The standard InChI is InChI=1S/C22H32N4O4S/c1-4-29-21(28)11-8-13-23-20(27)16-31-22-25-24-19(26(22)14-12-17(2)3)15-30-18-9-6-5-7-10-18/h5-7,9-10,17H,4,8,11-16H2,1-3H3,(H,23,27). The number of carbonyl (C=O) groups excluding carboxylic acids is 2. The fourth-order valence-electron chi connectivity index (χ4n) is 2.68. The average molecular weight is 449 g/mol. The first-order valence-corrected chi connectivity index (χ1v) is 11.6. The lowest BCUT2D eigenvalue weighted by Crippen LogP contribution is -2.26. The number of benzene rings is 1. The van der Waals surface area contributed by atoms with Crippen molar-refractivity contribution in [2.45, 2.75) is 58.3 Å². The Balaban J connectivity index is 1.86. The zero-order valence-corrected chi connectivity index (χ0v) is 19.3. The first kappa shape index (κ1) is 24.7. The molecule has 2 rings (SSSR count). The lowest BCUT2D eigenvalue weighted by Gasteiger charge is -2.12. The molecule has 9 heteroatoms. The zero-order valence-electron chi connectivity index (χ0n) is 18.5. The van der Waals surface area contributed by atoms with Crippen LogP contribution in [0.1, 0.15) is 45.9 Å². The number of hydrogen-bond acceptors (Lipinski definition) is 7. The van der Waals surface area contributed by atoms with Crippen LogP contribution in [0.5, 0.6) is 5.75 Å². The molecule has 170 valence electrons.